The normalized spacial score (nSPS) is 10.1. The van der Waals surface area contributed by atoms with E-state index in [1.165, 1.54) is 0 Å². The lowest BCUT2D eigenvalue weighted by atomic mass is 10.3. The van der Waals surface area contributed by atoms with Gasteiger partial charge in [-0.3, -0.25) is 14.6 Å². The van der Waals surface area contributed by atoms with Gasteiger partial charge in [0.15, 0.2) is 5.69 Å². The standard InChI is InChI=1S/C16H17ClN4O3/c1-2-24-14-4-3-12(17)15(21-14)16(23)19-10-7-13(22)20-11-5-8-18-9-6-11/h3-6,8-9H,2,7,10H2,1H3,(H,19,23)(H,18,20,22). The molecule has 126 valence electrons. The number of carbonyl (C=O) groups excluding carboxylic acids is 2. The highest BCUT2D eigenvalue weighted by Gasteiger charge is 2.14. The van der Waals surface area contributed by atoms with Crippen molar-refractivity contribution in [3.05, 3.63) is 47.4 Å². The van der Waals surface area contributed by atoms with E-state index in [4.69, 9.17) is 16.3 Å². The molecule has 8 heteroatoms. The molecule has 7 nitrogen and oxygen atoms in total. The van der Waals surface area contributed by atoms with Gasteiger partial charge in [-0.15, -0.1) is 0 Å². The fourth-order valence-corrected chi connectivity index (χ4v) is 2.03. The van der Waals surface area contributed by atoms with E-state index < -0.39 is 5.91 Å². The van der Waals surface area contributed by atoms with E-state index in [-0.39, 0.29) is 29.6 Å². The van der Waals surface area contributed by atoms with Crippen LogP contribution in [0.1, 0.15) is 23.8 Å². The Hall–Kier alpha value is -2.67. The third-order valence-electron chi connectivity index (χ3n) is 2.93. The summed E-state index contributed by atoms with van der Waals surface area (Å²) in [5.41, 5.74) is 0.715. The van der Waals surface area contributed by atoms with Crippen molar-refractivity contribution in [3.8, 4) is 5.88 Å². The predicted octanol–water partition coefficient (Wildman–Crippen LogP) is 2.29. The monoisotopic (exact) mass is 348 g/mol. The fraction of sp³-hybridized carbons (Fsp3) is 0.250. The molecule has 0 aliphatic carbocycles. The molecule has 0 bridgehead atoms. The molecule has 0 spiro atoms. The molecule has 2 amide bonds. The Labute approximate surface area is 144 Å². The first-order chi connectivity index (χ1) is 11.6. The molecule has 2 aromatic rings. The van der Waals surface area contributed by atoms with Crippen molar-refractivity contribution >= 4 is 29.1 Å². The molecule has 2 heterocycles. The number of hydrogen-bond donors (Lipinski definition) is 2. The number of amides is 2. The Morgan fingerprint density at radius 1 is 1.21 bits per heavy atom. The number of ether oxygens (including phenoxy) is 1. The minimum absolute atomic E-state index is 0.0668. The average Bonchev–Trinajstić information content (AvgIpc) is 2.57. The van der Waals surface area contributed by atoms with Crippen LogP contribution in [0, 0.1) is 0 Å². The lowest BCUT2D eigenvalue weighted by Crippen LogP contribution is -2.28. The van der Waals surface area contributed by atoms with Crippen molar-refractivity contribution < 1.29 is 14.3 Å². The first-order valence-corrected chi connectivity index (χ1v) is 7.75. The van der Waals surface area contributed by atoms with Gasteiger partial charge in [0.05, 0.1) is 11.6 Å². The van der Waals surface area contributed by atoms with Crippen LogP contribution in [0.25, 0.3) is 0 Å². The summed E-state index contributed by atoms with van der Waals surface area (Å²) in [7, 11) is 0. The molecule has 0 fully saturated rings. The van der Waals surface area contributed by atoms with Crippen LogP contribution < -0.4 is 15.4 Å². The van der Waals surface area contributed by atoms with E-state index in [0.29, 0.717) is 18.2 Å². The summed E-state index contributed by atoms with van der Waals surface area (Å²) < 4.78 is 5.24. The lowest BCUT2D eigenvalue weighted by molar-refractivity contribution is -0.116. The Morgan fingerprint density at radius 3 is 2.67 bits per heavy atom. The highest BCUT2D eigenvalue weighted by molar-refractivity contribution is 6.33. The third kappa shape index (κ3) is 5.20. The molecule has 0 radical (unpaired) electrons. The highest BCUT2D eigenvalue weighted by Crippen LogP contribution is 2.18. The maximum Gasteiger partial charge on any atom is 0.271 e. The summed E-state index contributed by atoms with van der Waals surface area (Å²) >= 11 is 5.98. The molecule has 2 aromatic heterocycles. The number of halogens is 1. The van der Waals surface area contributed by atoms with Crippen LogP contribution in [-0.2, 0) is 4.79 Å². The van der Waals surface area contributed by atoms with Crippen LogP contribution in [0.4, 0.5) is 5.69 Å². The van der Waals surface area contributed by atoms with Crippen molar-refractivity contribution in [2.45, 2.75) is 13.3 Å². The van der Waals surface area contributed by atoms with Crippen molar-refractivity contribution in [1.29, 1.82) is 0 Å². The quantitative estimate of drug-likeness (QED) is 0.800. The number of anilines is 1. The molecule has 0 aromatic carbocycles. The Bertz CT molecular complexity index is 710. The van der Waals surface area contributed by atoms with E-state index in [0.717, 1.165) is 0 Å². The maximum absolute atomic E-state index is 12.1. The van der Waals surface area contributed by atoms with Gasteiger partial charge >= 0.3 is 0 Å². The lowest BCUT2D eigenvalue weighted by Gasteiger charge is -2.08. The molecule has 24 heavy (non-hydrogen) atoms. The van der Waals surface area contributed by atoms with Crippen LogP contribution in [0.15, 0.2) is 36.7 Å². The second-order valence-corrected chi connectivity index (χ2v) is 5.11. The second-order valence-electron chi connectivity index (χ2n) is 4.70. The first kappa shape index (κ1) is 17.7. The maximum atomic E-state index is 12.1. The zero-order valence-corrected chi connectivity index (χ0v) is 13.8. The molecule has 0 saturated heterocycles. The Morgan fingerprint density at radius 2 is 1.96 bits per heavy atom. The van der Waals surface area contributed by atoms with Gasteiger partial charge in [0.25, 0.3) is 5.91 Å². The average molecular weight is 349 g/mol. The van der Waals surface area contributed by atoms with E-state index in [2.05, 4.69) is 20.6 Å². The van der Waals surface area contributed by atoms with Crippen LogP contribution in [-0.4, -0.2) is 34.9 Å². The molecule has 0 atom stereocenters. The van der Waals surface area contributed by atoms with E-state index >= 15 is 0 Å². The molecule has 2 rings (SSSR count). The zero-order valence-electron chi connectivity index (χ0n) is 13.1. The van der Waals surface area contributed by atoms with Crippen LogP contribution >= 0.6 is 11.6 Å². The van der Waals surface area contributed by atoms with E-state index in [9.17, 15) is 9.59 Å². The molecule has 0 aliphatic rings. The van der Waals surface area contributed by atoms with Crippen molar-refractivity contribution in [2.75, 3.05) is 18.5 Å². The van der Waals surface area contributed by atoms with E-state index in [1.54, 1.807) is 36.7 Å². The van der Waals surface area contributed by atoms with Gasteiger partial charge in [-0.2, -0.15) is 0 Å². The Balaban J connectivity index is 1.85. The van der Waals surface area contributed by atoms with Crippen LogP contribution in [0.5, 0.6) is 5.88 Å². The molecule has 0 saturated carbocycles. The Kier molecular flexibility index (Phi) is 6.51. The first-order valence-electron chi connectivity index (χ1n) is 7.37. The molecular formula is C16H17ClN4O3. The van der Waals surface area contributed by atoms with Crippen LogP contribution in [0.2, 0.25) is 5.02 Å². The molecule has 2 N–H and O–H groups in total. The largest absolute Gasteiger partial charge is 0.478 e. The van der Waals surface area contributed by atoms with Crippen molar-refractivity contribution in [1.82, 2.24) is 15.3 Å². The summed E-state index contributed by atoms with van der Waals surface area (Å²) in [6.07, 6.45) is 3.28. The van der Waals surface area contributed by atoms with Crippen molar-refractivity contribution in [3.63, 3.8) is 0 Å². The molecular weight excluding hydrogens is 332 g/mol. The summed E-state index contributed by atoms with van der Waals surface area (Å²) in [5, 5.41) is 5.53. The number of carbonyl (C=O) groups is 2. The number of aromatic nitrogens is 2. The van der Waals surface area contributed by atoms with Gasteiger partial charge in [0.2, 0.25) is 11.8 Å². The van der Waals surface area contributed by atoms with Gasteiger partial charge in [-0.1, -0.05) is 11.6 Å². The second kappa shape index (κ2) is 8.83. The number of rotatable bonds is 7. The van der Waals surface area contributed by atoms with E-state index in [1.807, 2.05) is 6.92 Å². The smallest absolute Gasteiger partial charge is 0.271 e. The number of nitrogens with zero attached hydrogens (tertiary/aromatic N) is 2. The summed E-state index contributed by atoms with van der Waals surface area (Å²) in [6.45, 7) is 2.41. The fourth-order valence-electron chi connectivity index (χ4n) is 1.84. The van der Waals surface area contributed by atoms with Gasteiger partial charge in [0.1, 0.15) is 0 Å². The summed E-state index contributed by atoms with van der Waals surface area (Å²) in [6, 6.07) is 6.49. The van der Waals surface area contributed by atoms with Gasteiger partial charge in [-0.25, -0.2) is 4.98 Å². The highest BCUT2D eigenvalue weighted by atomic mass is 35.5. The van der Waals surface area contributed by atoms with Crippen molar-refractivity contribution in [2.24, 2.45) is 0 Å². The topological polar surface area (TPSA) is 93.2 Å². The number of hydrogen-bond acceptors (Lipinski definition) is 5. The number of nitrogens with one attached hydrogen (secondary N) is 2. The number of pyridine rings is 2. The third-order valence-corrected chi connectivity index (χ3v) is 3.23. The minimum Gasteiger partial charge on any atom is -0.478 e. The van der Waals surface area contributed by atoms with Gasteiger partial charge in [-0.05, 0) is 25.1 Å². The molecule has 0 unspecified atom stereocenters. The van der Waals surface area contributed by atoms with Gasteiger partial charge in [0, 0.05) is 37.1 Å². The van der Waals surface area contributed by atoms with Gasteiger partial charge < -0.3 is 15.4 Å². The predicted molar refractivity (Wildman–Crippen MR) is 90.2 cm³/mol. The summed E-state index contributed by atoms with van der Waals surface area (Å²) in [5.74, 6) is -0.357. The zero-order chi connectivity index (χ0) is 17.4. The summed E-state index contributed by atoms with van der Waals surface area (Å²) in [4.78, 5) is 31.8. The molecule has 0 aliphatic heterocycles. The SMILES string of the molecule is CCOc1ccc(Cl)c(C(=O)NCCC(=O)Nc2ccncc2)n1. The minimum atomic E-state index is -0.460. The van der Waals surface area contributed by atoms with Crippen LogP contribution in [0.3, 0.4) is 0 Å².